The molecular formula is C16H19N5O3S. The molecule has 0 atom stereocenters. The topological polar surface area (TPSA) is 111 Å². The predicted octanol–water partition coefficient (Wildman–Crippen LogP) is 3.32. The first-order chi connectivity index (χ1) is 11.9. The number of fused-ring (bicyclic) bond motifs is 1. The van der Waals surface area contributed by atoms with Crippen LogP contribution in [0, 0.1) is 5.92 Å². The average Bonchev–Trinajstić information content (AvgIpc) is 3.32. The van der Waals surface area contributed by atoms with Crippen LogP contribution in [-0.2, 0) is 4.79 Å². The Balaban J connectivity index is 1.68. The number of amides is 1. The lowest BCUT2D eigenvalue weighted by molar-refractivity contribution is -0.114. The van der Waals surface area contributed by atoms with Gasteiger partial charge < -0.3 is 5.32 Å². The summed E-state index contributed by atoms with van der Waals surface area (Å²) in [6, 6.07) is 5.46. The van der Waals surface area contributed by atoms with Gasteiger partial charge in [-0.15, -0.1) is 0 Å². The Labute approximate surface area is 146 Å². The van der Waals surface area contributed by atoms with Gasteiger partial charge in [0.15, 0.2) is 5.82 Å². The second-order valence-electron chi connectivity index (χ2n) is 6.33. The predicted molar refractivity (Wildman–Crippen MR) is 98.3 cm³/mol. The third-order valence-electron chi connectivity index (χ3n) is 4.20. The van der Waals surface area contributed by atoms with Gasteiger partial charge in [0, 0.05) is 31.4 Å². The fourth-order valence-corrected chi connectivity index (χ4v) is 4.16. The van der Waals surface area contributed by atoms with E-state index < -0.39 is 11.0 Å². The van der Waals surface area contributed by atoms with Crippen molar-refractivity contribution in [2.75, 3.05) is 20.9 Å². The van der Waals surface area contributed by atoms with E-state index in [1.807, 2.05) is 12.1 Å². The van der Waals surface area contributed by atoms with E-state index in [1.54, 1.807) is 22.8 Å². The average molecular weight is 361 g/mol. The molecule has 1 aliphatic heterocycles. The maximum Gasteiger partial charge on any atom is 0.222 e. The second-order valence-corrected chi connectivity index (χ2v) is 8.01. The van der Waals surface area contributed by atoms with Gasteiger partial charge in [-0.05, 0) is 53.5 Å². The van der Waals surface area contributed by atoms with E-state index in [0.717, 1.165) is 24.0 Å². The minimum Gasteiger partial charge on any atom is -0.311 e. The normalized spacial score (nSPS) is 19.1. The van der Waals surface area contributed by atoms with Crippen LogP contribution in [0.1, 0.15) is 19.8 Å². The molecule has 8 nitrogen and oxygen atoms in total. The molecule has 0 radical (unpaired) electrons. The van der Waals surface area contributed by atoms with Crippen molar-refractivity contribution in [1.82, 2.24) is 9.97 Å². The largest absolute Gasteiger partial charge is 0.311 e. The molecular weight excluding hydrogens is 342 g/mol. The zero-order chi connectivity index (χ0) is 17.6. The van der Waals surface area contributed by atoms with Crippen LogP contribution in [0.25, 0.3) is 11.1 Å². The van der Waals surface area contributed by atoms with E-state index >= 15 is 0 Å². The van der Waals surface area contributed by atoms with Crippen molar-refractivity contribution >= 4 is 34.2 Å². The van der Waals surface area contributed by atoms with Crippen molar-refractivity contribution in [2.45, 2.75) is 19.8 Å². The Bertz CT molecular complexity index is 840. The molecule has 0 saturated heterocycles. The molecule has 1 aliphatic carbocycles. The summed E-state index contributed by atoms with van der Waals surface area (Å²) in [5, 5.41) is 2.65. The lowest BCUT2D eigenvalue weighted by atomic mass is 10.1. The molecule has 2 aliphatic rings. The first-order valence-corrected chi connectivity index (χ1v) is 9.50. The number of nitrogens with one attached hydrogen (secondary N) is 2. The molecule has 1 saturated carbocycles. The standard InChI is InChI=1S/C16H19N5O3S/c1-10(22)19-15-7-12(4-5-17-15)13-6-14-16(18-8-13)20-25(23,24)21(14)9-11-2-3-11/h4-8,11,23-24H,2-3,9H2,1H3,(H,18,20)(H,17,19,22). The Morgan fingerprint density at radius 3 is 2.88 bits per heavy atom. The number of nitrogens with zero attached hydrogens (tertiary/aromatic N) is 3. The minimum atomic E-state index is -3.07. The van der Waals surface area contributed by atoms with Crippen LogP contribution in [0.3, 0.4) is 0 Å². The second kappa shape index (κ2) is 5.87. The molecule has 0 bridgehead atoms. The molecule has 4 N–H and O–H groups in total. The van der Waals surface area contributed by atoms with Gasteiger partial charge in [0.05, 0.1) is 0 Å². The molecule has 1 fully saturated rings. The van der Waals surface area contributed by atoms with Crippen LogP contribution >= 0.6 is 11.0 Å². The summed E-state index contributed by atoms with van der Waals surface area (Å²) in [6.45, 7) is 2.03. The van der Waals surface area contributed by atoms with Crippen molar-refractivity contribution in [3.8, 4) is 11.1 Å². The third-order valence-corrected chi connectivity index (χ3v) is 5.62. The number of rotatable bonds is 4. The van der Waals surface area contributed by atoms with E-state index in [0.29, 0.717) is 29.8 Å². The highest BCUT2D eigenvalue weighted by molar-refractivity contribution is 8.26. The summed E-state index contributed by atoms with van der Waals surface area (Å²) in [4.78, 5) is 19.7. The number of hydrogen-bond acceptors (Lipinski definition) is 7. The number of carbonyl (C=O) groups excluding carboxylic acids is 1. The summed E-state index contributed by atoms with van der Waals surface area (Å²) in [6.07, 6.45) is 5.49. The Morgan fingerprint density at radius 1 is 1.36 bits per heavy atom. The lowest BCUT2D eigenvalue weighted by Crippen LogP contribution is -2.28. The Morgan fingerprint density at radius 2 is 2.16 bits per heavy atom. The number of pyridine rings is 2. The smallest absolute Gasteiger partial charge is 0.222 e. The quantitative estimate of drug-likeness (QED) is 0.661. The van der Waals surface area contributed by atoms with Gasteiger partial charge in [0.2, 0.25) is 5.91 Å². The zero-order valence-electron chi connectivity index (χ0n) is 13.6. The van der Waals surface area contributed by atoms with Gasteiger partial charge in [-0.25, -0.2) is 19.0 Å². The van der Waals surface area contributed by atoms with E-state index in [1.165, 1.54) is 6.92 Å². The molecule has 2 aromatic heterocycles. The molecule has 0 aromatic carbocycles. The van der Waals surface area contributed by atoms with Gasteiger partial charge in [-0.1, -0.05) is 0 Å². The highest BCUT2D eigenvalue weighted by Gasteiger charge is 2.38. The van der Waals surface area contributed by atoms with Crippen molar-refractivity contribution in [2.24, 2.45) is 5.92 Å². The summed E-state index contributed by atoms with van der Waals surface area (Å²) >= 11 is 0. The van der Waals surface area contributed by atoms with Crippen molar-refractivity contribution in [3.05, 3.63) is 30.6 Å². The minimum absolute atomic E-state index is 0.189. The summed E-state index contributed by atoms with van der Waals surface area (Å²) in [7, 11) is -3.07. The molecule has 0 unspecified atom stereocenters. The highest BCUT2D eigenvalue weighted by atomic mass is 32.3. The molecule has 9 heteroatoms. The monoisotopic (exact) mass is 361 g/mol. The summed E-state index contributed by atoms with van der Waals surface area (Å²) in [5.74, 6) is 1.24. The van der Waals surface area contributed by atoms with Crippen molar-refractivity contribution < 1.29 is 13.9 Å². The van der Waals surface area contributed by atoms with Gasteiger partial charge >= 0.3 is 0 Å². The first-order valence-electron chi connectivity index (χ1n) is 8.00. The van der Waals surface area contributed by atoms with Gasteiger partial charge in [0.1, 0.15) is 11.5 Å². The molecule has 132 valence electrons. The molecule has 3 heterocycles. The number of carbonyl (C=O) groups is 1. The van der Waals surface area contributed by atoms with E-state index in [-0.39, 0.29) is 5.91 Å². The third kappa shape index (κ3) is 3.26. The van der Waals surface area contributed by atoms with Gasteiger partial charge in [0.25, 0.3) is 0 Å². The van der Waals surface area contributed by atoms with Crippen LogP contribution in [0.4, 0.5) is 17.3 Å². The Kier molecular flexibility index (Phi) is 3.78. The van der Waals surface area contributed by atoms with Crippen molar-refractivity contribution in [3.63, 3.8) is 0 Å². The fraction of sp³-hybridized carbons (Fsp3) is 0.312. The molecule has 25 heavy (non-hydrogen) atoms. The summed E-state index contributed by atoms with van der Waals surface area (Å²) < 4.78 is 25.0. The SMILES string of the molecule is CC(=O)Nc1cc(-c2cnc3c(c2)N(CC2CC2)S(O)(O)N3)ccn1. The number of hydrogen-bond donors (Lipinski definition) is 4. The highest BCUT2D eigenvalue weighted by Crippen LogP contribution is 2.56. The fourth-order valence-electron chi connectivity index (χ4n) is 2.80. The van der Waals surface area contributed by atoms with E-state index in [9.17, 15) is 13.9 Å². The Hall–Kier alpha value is -2.36. The molecule has 4 rings (SSSR count). The number of anilines is 3. The van der Waals surface area contributed by atoms with E-state index in [2.05, 4.69) is 20.0 Å². The first kappa shape index (κ1) is 16.1. The number of aromatic nitrogens is 2. The molecule has 0 spiro atoms. The van der Waals surface area contributed by atoms with Gasteiger partial charge in [-0.2, -0.15) is 0 Å². The van der Waals surface area contributed by atoms with Crippen LogP contribution in [-0.4, -0.2) is 31.5 Å². The van der Waals surface area contributed by atoms with Crippen LogP contribution < -0.4 is 14.3 Å². The van der Waals surface area contributed by atoms with Crippen LogP contribution in [0.2, 0.25) is 0 Å². The lowest BCUT2D eigenvalue weighted by Gasteiger charge is -2.37. The summed E-state index contributed by atoms with van der Waals surface area (Å²) in [5.41, 5.74) is 2.33. The maximum absolute atomic E-state index is 11.2. The molecule has 1 amide bonds. The van der Waals surface area contributed by atoms with E-state index in [4.69, 9.17) is 0 Å². The molecule has 2 aromatic rings. The van der Waals surface area contributed by atoms with Crippen molar-refractivity contribution in [1.29, 1.82) is 0 Å². The zero-order valence-corrected chi connectivity index (χ0v) is 14.5. The van der Waals surface area contributed by atoms with Crippen LogP contribution in [0.15, 0.2) is 30.6 Å². The van der Waals surface area contributed by atoms with Gasteiger partial charge in [-0.3, -0.25) is 13.9 Å². The maximum atomic E-state index is 11.2. The van der Waals surface area contributed by atoms with Crippen LogP contribution in [0.5, 0.6) is 0 Å².